The van der Waals surface area contributed by atoms with Crippen LogP contribution >= 0.6 is 11.8 Å². The minimum atomic E-state index is -0.902. The molecular weight excluding hydrogens is 284 g/mol. The van der Waals surface area contributed by atoms with E-state index in [1.807, 2.05) is 17.8 Å². The van der Waals surface area contributed by atoms with Crippen molar-refractivity contribution in [2.24, 2.45) is 0 Å². The van der Waals surface area contributed by atoms with Gasteiger partial charge >= 0.3 is 5.97 Å². The zero-order chi connectivity index (χ0) is 15.2. The van der Waals surface area contributed by atoms with Gasteiger partial charge in [0.05, 0.1) is 16.6 Å². The second-order valence-electron chi connectivity index (χ2n) is 6.11. The van der Waals surface area contributed by atoms with E-state index in [1.54, 1.807) is 12.1 Å². The predicted molar refractivity (Wildman–Crippen MR) is 86.3 cm³/mol. The van der Waals surface area contributed by atoms with Crippen LogP contribution in [-0.4, -0.2) is 31.6 Å². The number of benzene rings is 1. The highest BCUT2D eigenvalue weighted by atomic mass is 32.2. The molecule has 2 aromatic rings. The molecule has 1 saturated carbocycles. The van der Waals surface area contributed by atoms with Crippen LogP contribution in [-0.2, 0) is 6.54 Å². The summed E-state index contributed by atoms with van der Waals surface area (Å²) in [6.07, 6.45) is 4.67. The molecule has 4 nitrogen and oxygen atoms in total. The molecular formula is C16H20N2O2S. The first-order chi connectivity index (χ1) is 9.96. The maximum atomic E-state index is 11.1. The number of rotatable bonds is 5. The average molecular weight is 304 g/mol. The van der Waals surface area contributed by atoms with E-state index in [0.29, 0.717) is 16.2 Å². The van der Waals surface area contributed by atoms with Crippen LogP contribution in [0, 0.1) is 0 Å². The van der Waals surface area contributed by atoms with Crippen molar-refractivity contribution in [3.05, 3.63) is 29.6 Å². The van der Waals surface area contributed by atoms with E-state index >= 15 is 0 Å². The standard InChI is InChI=1S/C16H20N2O2S/c1-10(2)14-17-12-8-11(15(19)20)4-5-13(12)18(14)9-16(21-3)6-7-16/h4-5,8,10H,6-7,9H2,1-3H3,(H,19,20). The third kappa shape index (κ3) is 2.55. The van der Waals surface area contributed by atoms with E-state index in [9.17, 15) is 4.79 Å². The van der Waals surface area contributed by atoms with E-state index < -0.39 is 5.97 Å². The number of carboxylic acids is 1. The Morgan fingerprint density at radius 1 is 1.48 bits per heavy atom. The van der Waals surface area contributed by atoms with Gasteiger partial charge < -0.3 is 9.67 Å². The summed E-state index contributed by atoms with van der Waals surface area (Å²) in [4.78, 5) is 15.8. The van der Waals surface area contributed by atoms with Crippen LogP contribution in [0.1, 0.15) is 48.8 Å². The van der Waals surface area contributed by atoms with Crippen LogP contribution in [0.25, 0.3) is 11.0 Å². The van der Waals surface area contributed by atoms with Gasteiger partial charge in [-0.25, -0.2) is 9.78 Å². The molecule has 3 rings (SSSR count). The molecule has 1 aromatic heterocycles. The molecule has 0 atom stereocenters. The number of thioether (sulfide) groups is 1. The van der Waals surface area contributed by atoms with Crippen molar-refractivity contribution in [1.82, 2.24) is 9.55 Å². The molecule has 112 valence electrons. The second kappa shape index (κ2) is 5.05. The van der Waals surface area contributed by atoms with Crippen LogP contribution in [0.15, 0.2) is 18.2 Å². The van der Waals surface area contributed by atoms with E-state index in [4.69, 9.17) is 10.1 Å². The molecule has 0 radical (unpaired) electrons. The molecule has 0 aliphatic heterocycles. The first-order valence-corrected chi connectivity index (χ1v) is 8.47. The van der Waals surface area contributed by atoms with Crippen molar-refractivity contribution in [3.8, 4) is 0 Å². The molecule has 1 heterocycles. The molecule has 1 fully saturated rings. The van der Waals surface area contributed by atoms with Crippen LogP contribution in [0.5, 0.6) is 0 Å². The summed E-state index contributed by atoms with van der Waals surface area (Å²) in [5, 5.41) is 9.13. The lowest BCUT2D eigenvalue weighted by molar-refractivity contribution is 0.0697. The van der Waals surface area contributed by atoms with Gasteiger partial charge in [0.25, 0.3) is 0 Å². The summed E-state index contributed by atoms with van der Waals surface area (Å²) < 4.78 is 2.64. The molecule has 0 unspecified atom stereocenters. The number of carbonyl (C=O) groups is 1. The fourth-order valence-corrected chi connectivity index (χ4v) is 3.51. The van der Waals surface area contributed by atoms with Gasteiger partial charge in [-0.05, 0) is 37.3 Å². The Hall–Kier alpha value is -1.49. The molecule has 0 saturated heterocycles. The van der Waals surface area contributed by atoms with Gasteiger partial charge in [-0.2, -0.15) is 11.8 Å². The Morgan fingerprint density at radius 2 is 2.19 bits per heavy atom. The van der Waals surface area contributed by atoms with Crippen LogP contribution in [0.4, 0.5) is 0 Å². The lowest BCUT2D eigenvalue weighted by Gasteiger charge is -2.17. The fourth-order valence-electron chi connectivity index (χ4n) is 2.74. The molecule has 0 bridgehead atoms. The number of nitrogens with zero attached hydrogens (tertiary/aromatic N) is 2. The first-order valence-electron chi connectivity index (χ1n) is 7.24. The maximum absolute atomic E-state index is 11.1. The Morgan fingerprint density at radius 3 is 2.71 bits per heavy atom. The molecule has 0 amide bonds. The highest BCUT2D eigenvalue weighted by Gasteiger charge is 2.43. The fraction of sp³-hybridized carbons (Fsp3) is 0.500. The van der Waals surface area contributed by atoms with Gasteiger partial charge in [0.15, 0.2) is 0 Å². The van der Waals surface area contributed by atoms with Crippen molar-refractivity contribution in [2.75, 3.05) is 6.26 Å². The lowest BCUT2D eigenvalue weighted by atomic mass is 10.2. The molecule has 1 N–H and O–H groups in total. The molecule has 5 heteroatoms. The Balaban J connectivity index is 2.11. The minimum Gasteiger partial charge on any atom is -0.478 e. The summed E-state index contributed by atoms with van der Waals surface area (Å²) in [6, 6.07) is 5.25. The van der Waals surface area contributed by atoms with Gasteiger partial charge in [-0.15, -0.1) is 0 Å². The van der Waals surface area contributed by atoms with Crippen molar-refractivity contribution in [2.45, 2.75) is 43.9 Å². The second-order valence-corrected chi connectivity index (χ2v) is 7.38. The van der Waals surface area contributed by atoms with Crippen molar-refractivity contribution < 1.29 is 9.90 Å². The van der Waals surface area contributed by atoms with Gasteiger partial charge in [-0.1, -0.05) is 13.8 Å². The number of hydrogen-bond donors (Lipinski definition) is 1. The zero-order valence-electron chi connectivity index (χ0n) is 12.6. The molecule has 0 spiro atoms. The molecule has 1 aliphatic carbocycles. The van der Waals surface area contributed by atoms with E-state index in [-0.39, 0.29) is 0 Å². The molecule has 1 aliphatic rings. The summed E-state index contributed by atoms with van der Waals surface area (Å²) >= 11 is 1.93. The first kappa shape index (κ1) is 14.4. The van der Waals surface area contributed by atoms with Gasteiger partial charge in [0.1, 0.15) is 5.82 Å². The normalized spacial score (nSPS) is 16.6. The van der Waals surface area contributed by atoms with Gasteiger partial charge in [-0.3, -0.25) is 0 Å². The zero-order valence-corrected chi connectivity index (χ0v) is 13.4. The predicted octanol–water partition coefficient (Wildman–Crippen LogP) is 3.75. The number of imidazole rings is 1. The van der Waals surface area contributed by atoms with Gasteiger partial charge in [0, 0.05) is 17.2 Å². The van der Waals surface area contributed by atoms with E-state index in [0.717, 1.165) is 23.4 Å². The summed E-state index contributed by atoms with van der Waals surface area (Å²) in [7, 11) is 0. The summed E-state index contributed by atoms with van der Waals surface area (Å²) in [5.41, 5.74) is 2.13. The number of aromatic nitrogens is 2. The average Bonchev–Trinajstić information content (AvgIpc) is 3.13. The number of hydrogen-bond acceptors (Lipinski definition) is 3. The monoisotopic (exact) mass is 304 g/mol. The van der Waals surface area contributed by atoms with Crippen LogP contribution in [0.2, 0.25) is 0 Å². The SMILES string of the molecule is CSC1(Cn2c(C(C)C)nc3cc(C(=O)O)ccc32)CC1. The minimum absolute atomic E-state index is 0.299. The Bertz CT molecular complexity index is 702. The maximum Gasteiger partial charge on any atom is 0.335 e. The topological polar surface area (TPSA) is 55.1 Å². The van der Waals surface area contributed by atoms with Crippen molar-refractivity contribution >= 4 is 28.8 Å². The Labute approximate surface area is 128 Å². The molecule has 1 aromatic carbocycles. The summed E-state index contributed by atoms with van der Waals surface area (Å²) in [5.74, 6) is 0.469. The highest BCUT2D eigenvalue weighted by molar-refractivity contribution is 8.00. The van der Waals surface area contributed by atoms with E-state index in [2.05, 4.69) is 24.7 Å². The molecule has 21 heavy (non-hydrogen) atoms. The Kier molecular flexibility index (Phi) is 3.48. The van der Waals surface area contributed by atoms with Gasteiger partial charge in [0.2, 0.25) is 0 Å². The van der Waals surface area contributed by atoms with Crippen molar-refractivity contribution in [1.29, 1.82) is 0 Å². The quantitative estimate of drug-likeness (QED) is 0.914. The third-order valence-electron chi connectivity index (χ3n) is 4.23. The lowest BCUT2D eigenvalue weighted by Crippen LogP contribution is -2.16. The van der Waals surface area contributed by atoms with Crippen LogP contribution < -0.4 is 0 Å². The van der Waals surface area contributed by atoms with Crippen LogP contribution in [0.3, 0.4) is 0 Å². The summed E-state index contributed by atoms with van der Waals surface area (Å²) in [6.45, 7) is 5.23. The smallest absolute Gasteiger partial charge is 0.335 e. The van der Waals surface area contributed by atoms with E-state index in [1.165, 1.54) is 12.8 Å². The largest absolute Gasteiger partial charge is 0.478 e. The number of aromatic carboxylic acids is 1. The number of fused-ring (bicyclic) bond motifs is 1. The highest BCUT2D eigenvalue weighted by Crippen LogP contribution is 2.49. The number of carboxylic acid groups (broad SMARTS) is 1. The third-order valence-corrected chi connectivity index (χ3v) is 5.63. The van der Waals surface area contributed by atoms with Crippen molar-refractivity contribution in [3.63, 3.8) is 0 Å².